The average molecular weight is 643 g/mol. The molecule has 7 heteroatoms. The minimum absolute atomic E-state index is 0.131. The van der Waals surface area contributed by atoms with Gasteiger partial charge in [-0.2, -0.15) is 0 Å². The molecule has 0 fully saturated rings. The molecule has 2 N–H and O–H groups in total. The van der Waals surface area contributed by atoms with Gasteiger partial charge in [0.15, 0.2) is 0 Å². The molecule has 45 heavy (non-hydrogen) atoms. The first-order valence-electron chi connectivity index (χ1n) is 16.1. The van der Waals surface area contributed by atoms with Crippen LogP contribution < -0.4 is 0 Å². The van der Waals surface area contributed by atoms with Gasteiger partial charge < -0.3 is 19.7 Å². The number of thiol groups is 1. The standard InChI is InChI=1S/C38H58O6S/c1-34(2,3)26-20-24(21-27(30(26)39)35(4,5)6)16-14-18-43-32(41)38(13,45)33(42)44-19-15-17-25-22-28(36(7,8)9)31(40)29(23-25)37(10,11)12/h20-23,39-40,45H,14-19H2,1-13H3. The van der Waals surface area contributed by atoms with E-state index in [-0.39, 0.29) is 34.9 Å². The lowest BCUT2D eigenvalue weighted by molar-refractivity contribution is -0.158. The SMILES string of the molecule is CC(S)(C(=O)OCCCc1cc(C(C)(C)C)c(O)c(C(C)(C)C)c1)C(=O)OCCCc1cc(C(C)(C)C)c(O)c(C(C)(C)C)c1. The van der Waals surface area contributed by atoms with Crippen LogP contribution in [-0.4, -0.2) is 40.1 Å². The van der Waals surface area contributed by atoms with Gasteiger partial charge in [0.2, 0.25) is 4.75 Å². The van der Waals surface area contributed by atoms with Crippen LogP contribution in [0.15, 0.2) is 24.3 Å². The maximum atomic E-state index is 12.8. The monoisotopic (exact) mass is 642 g/mol. The van der Waals surface area contributed by atoms with E-state index in [0.29, 0.717) is 37.2 Å². The van der Waals surface area contributed by atoms with Gasteiger partial charge >= 0.3 is 11.9 Å². The summed E-state index contributed by atoms with van der Waals surface area (Å²) in [5.74, 6) is -0.810. The van der Waals surface area contributed by atoms with E-state index < -0.39 is 16.7 Å². The van der Waals surface area contributed by atoms with Gasteiger partial charge in [-0.15, -0.1) is 12.6 Å². The summed E-state index contributed by atoms with van der Waals surface area (Å²) in [5.41, 5.74) is 4.78. The second-order valence-electron chi connectivity index (χ2n) is 16.6. The van der Waals surface area contributed by atoms with E-state index in [1.54, 1.807) is 0 Å². The molecular weight excluding hydrogens is 584 g/mol. The summed E-state index contributed by atoms with van der Waals surface area (Å²) in [7, 11) is 0. The van der Waals surface area contributed by atoms with Crippen LogP contribution in [0, 0.1) is 0 Å². The molecule has 0 aromatic heterocycles. The Balaban J connectivity index is 1.97. The van der Waals surface area contributed by atoms with Crippen molar-refractivity contribution in [3.05, 3.63) is 57.6 Å². The molecule has 252 valence electrons. The van der Waals surface area contributed by atoms with Crippen molar-refractivity contribution in [2.75, 3.05) is 13.2 Å². The number of ether oxygens (including phenoxy) is 2. The van der Waals surface area contributed by atoms with Crippen molar-refractivity contribution < 1.29 is 29.3 Å². The fourth-order valence-electron chi connectivity index (χ4n) is 5.21. The second-order valence-corrected chi connectivity index (χ2v) is 17.5. The van der Waals surface area contributed by atoms with Gasteiger partial charge in [-0.05, 0) is 87.6 Å². The highest BCUT2D eigenvalue weighted by molar-refractivity contribution is 7.83. The van der Waals surface area contributed by atoms with Crippen LogP contribution in [0.1, 0.15) is 136 Å². The number of aromatic hydroxyl groups is 2. The van der Waals surface area contributed by atoms with Gasteiger partial charge in [-0.3, -0.25) is 0 Å². The van der Waals surface area contributed by atoms with E-state index in [9.17, 15) is 19.8 Å². The van der Waals surface area contributed by atoms with Crippen molar-refractivity contribution in [2.24, 2.45) is 0 Å². The van der Waals surface area contributed by atoms with Gasteiger partial charge in [0.05, 0.1) is 13.2 Å². The highest BCUT2D eigenvalue weighted by atomic mass is 32.1. The number of esters is 2. The number of carbonyl (C=O) groups excluding carboxylic acids is 2. The van der Waals surface area contributed by atoms with Crippen LogP contribution in [0.3, 0.4) is 0 Å². The molecule has 2 aromatic rings. The first kappa shape index (κ1) is 38.5. The largest absolute Gasteiger partial charge is 0.507 e. The normalized spacial score (nSPS) is 13.1. The van der Waals surface area contributed by atoms with Crippen LogP contribution in [0.5, 0.6) is 11.5 Å². The maximum Gasteiger partial charge on any atom is 0.333 e. The lowest BCUT2D eigenvalue weighted by atomic mass is 9.78. The quantitative estimate of drug-likeness (QED) is 0.104. The number of aryl methyl sites for hydroxylation is 2. The molecule has 0 heterocycles. The number of hydrogen-bond donors (Lipinski definition) is 3. The van der Waals surface area contributed by atoms with E-state index in [1.165, 1.54) is 6.92 Å². The van der Waals surface area contributed by atoms with E-state index >= 15 is 0 Å². The molecule has 0 aliphatic rings. The Morgan fingerprint density at radius 2 is 0.800 bits per heavy atom. The summed E-state index contributed by atoms with van der Waals surface area (Å²) in [6.45, 7) is 26.6. The average Bonchev–Trinajstić information content (AvgIpc) is 2.87. The summed E-state index contributed by atoms with van der Waals surface area (Å²) in [4.78, 5) is 25.7. The smallest absolute Gasteiger partial charge is 0.333 e. The number of benzene rings is 2. The Bertz CT molecular complexity index is 1190. The Labute approximate surface area is 277 Å². The zero-order valence-electron chi connectivity index (χ0n) is 30.0. The Hall–Kier alpha value is -2.67. The fraction of sp³-hybridized carbons (Fsp3) is 0.632. The third-order valence-electron chi connectivity index (χ3n) is 8.05. The number of rotatable bonds is 10. The van der Waals surface area contributed by atoms with Crippen LogP contribution in [0.4, 0.5) is 0 Å². The molecule has 0 unspecified atom stereocenters. The van der Waals surface area contributed by atoms with E-state index in [0.717, 1.165) is 33.4 Å². The van der Waals surface area contributed by atoms with Crippen molar-refractivity contribution in [2.45, 2.75) is 142 Å². The van der Waals surface area contributed by atoms with Crippen molar-refractivity contribution in [1.82, 2.24) is 0 Å². The number of phenolic OH excluding ortho intramolecular Hbond substituents is 2. The minimum Gasteiger partial charge on any atom is -0.507 e. The number of hydrogen-bond acceptors (Lipinski definition) is 7. The lowest BCUT2D eigenvalue weighted by Crippen LogP contribution is -2.41. The zero-order chi connectivity index (χ0) is 34.8. The van der Waals surface area contributed by atoms with Crippen LogP contribution >= 0.6 is 12.6 Å². The third-order valence-corrected chi connectivity index (χ3v) is 8.42. The van der Waals surface area contributed by atoms with Crippen molar-refractivity contribution in [1.29, 1.82) is 0 Å². The molecule has 0 atom stereocenters. The molecule has 2 rings (SSSR count). The molecule has 0 aliphatic heterocycles. The number of carbonyl (C=O) groups is 2. The molecule has 0 saturated heterocycles. The van der Waals surface area contributed by atoms with Crippen LogP contribution in [0.25, 0.3) is 0 Å². The van der Waals surface area contributed by atoms with E-state index in [2.05, 4.69) is 95.7 Å². The third kappa shape index (κ3) is 10.2. The van der Waals surface area contributed by atoms with Gasteiger partial charge in [0.1, 0.15) is 11.5 Å². The molecular formula is C38H58O6S. The highest BCUT2D eigenvalue weighted by Gasteiger charge is 2.41. The molecule has 0 amide bonds. The highest BCUT2D eigenvalue weighted by Crippen LogP contribution is 2.41. The Kier molecular flexibility index (Phi) is 12.0. The molecule has 0 radical (unpaired) electrons. The van der Waals surface area contributed by atoms with Gasteiger partial charge in [0, 0.05) is 0 Å². The molecule has 0 spiro atoms. The van der Waals surface area contributed by atoms with Gasteiger partial charge in [0.25, 0.3) is 0 Å². The minimum atomic E-state index is -1.73. The number of phenols is 2. The summed E-state index contributed by atoms with van der Waals surface area (Å²) in [5, 5.41) is 21.9. The summed E-state index contributed by atoms with van der Waals surface area (Å²) in [6.07, 6.45) is 2.42. The van der Waals surface area contributed by atoms with Crippen molar-refractivity contribution in [3.8, 4) is 11.5 Å². The second kappa shape index (κ2) is 14.0. The predicted octanol–water partition coefficient (Wildman–Crippen LogP) is 8.63. The van der Waals surface area contributed by atoms with Crippen LogP contribution in [-0.2, 0) is 53.6 Å². The van der Waals surface area contributed by atoms with Gasteiger partial charge in [-0.1, -0.05) is 107 Å². The fourth-order valence-corrected chi connectivity index (χ4v) is 5.34. The van der Waals surface area contributed by atoms with Crippen LogP contribution in [0.2, 0.25) is 0 Å². The topological polar surface area (TPSA) is 93.1 Å². The summed E-state index contributed by atoms with van der Waals surface area (Å²) in [6, 6.07) is 8.11. The van der Waals surface area contributed by atoms with E-state index in [1.807, 2.05) is 24.3 Å². The first-order valence-corrected chi connectivity index (χ1v) is 16.5. The Morgan fingerprint density at radius 3 is 1.02 bits per heavy atom. The van der Waals surface area contributed by atoms with Crippen molar-refractivity contribution in [3.63, 3.8) is 0 Å². The molecule has 0 aliphatic carbocycles. The lowest BCUT2D eigenvalue weighted by Gasteiger charge is -2.28. The van der Waals surface area contributed by atoms with Gasteiger partial charge in [-0.25, -0.2) is 9.59 Å². The molecule has 2 aromatic carbocycles. The molecule has 0 saturated carbocycles. The summed E-state index contributed by atoms with van der Waals surface area (Å²) < 4.78 is 9.18. The Morgan fingerprint density at radius 1 is 0.556 bits per heavy atom. The predicted molar refractivity (Wildman–Crippen MR) is 187 cm³/mol. The maximum absolute atomic E-state index is 12.8. The molecule has 0 bridgehead atoms. The summed E-state index contributed by atoms with van der Waals surface area (Å²) >= 11 is 4.32. The molecule has 6 nitrogen and oxygen atoms in total. The van der Waals surface area contributed by atoms with Crippen molar-refractivity contribution >= 4 is 24.6 Å². The first-order chi connectivity index (χ1) is 20.3. The zero-order valence-corrected chi connectivity index (χ0v) is 30.9. The van der Waals surface area contributed by atoms with E-state index in [4.69, 9.17) is 9.47 Å².